The predicted molar refractivity (Wildman–Crippen MR) is 50.7 cm³/mol. The lowest BCUT2D eigenvalue weighted by Gasteiger charge is -2.14. The van der Waals surface area contributed by atoms with E-state index in [1.54, 1.807) is 6.20 Å². The second-order valence-electron chi connectivity index (χ2n) is 3.66. The van der Waals surface area contributed by atoms with Gasteiger partial charge in [-0.1, -0.05) is 13.8 Å². The number of hydrogen-bond donors (Lipinski definition) is 0. The van der Waals surface area contributed by atoms with Crippen LogP contribution >= 0.6 is 0 Å². The summed E-state index contributed by atoms with van der Waals surface area (Å²) in [6, 6.07) is 0. The van der Waals surface area contributed by atoms with E-state index in [9.17, 15) is 4.79 Å². The van der Waals surface area contributed by atoms with Gasteiger partial charge >= 0.3 is 0 Å². The van der Waals surface area contributed by atoms with Crippen LogP contribution in [0, 0.1) is 5.92 Å². The summed E-state index contributed by atoms with van der Waals surface area (Å²) in [6.07, 6.45) is 3.98. The number of nitrogens with zero attached hydrogens (tertiary/aromatic N) is 1. The van der Waals surface area contributed by atoms with Crippen molar-refractivity contribution in [2.45, 2.75) is 26.2 Å². The minimum absolute atomic E-state index is 0.114. The maximum atomic E-state index is 10.1. The van der Waals surface area contributed by atoms with Crippen LogP contribution < -0.4 is 0 Å². The minimum atomic E-state index is 0.114. The number of oxazole rings is 1. The molecule has 78 valence electrons. The van der Waals surface area contributed by atoms with Crippen LogP contribution in [0.25, 0.3) is 0 Å². The molecule has 1 heterocycles. The van der Waals surface area contributed by atoms with Gasteiger partial charge in [0.05, 0.1) is 12.1 Å². The minimum Gasteiger partial charge on any atom is -0.467 e. The fourth-order valence-electron chi connectivity index (χ4n) is 1.42. The first-order valence-electron chi connectivity index (χ1n) is 4.67. The van der Waals surface area contributed by atoms with Crippen LogP contribution in [0.15, 0.2) is 17.0 Å². The van der Waals surface area contributed by atoms with Gasteiger partial charge in [-0.25, -0.2) is 4.98 Å². The Morgan fingerprint density at radius 1 is 1.64 bits per heavy atom. The van der Waals surface area contributed by atoms with Crippen molar-refractivity contribution in [3.63, 3.8) is 0 Å². The van der Waals surface area contributed by atoms with Crippen LogP contribution in [-0.2, 0) is 9.53 Å². The predicted octanol–water partition coefficient (Wildman–Crippen LogP) is 1.98. The molecule has 0 radical (unpaired) electrons. The highest BCUT2D eigenvalue weighted by Crippen LogP contribution is 2.23. The smallest absolute Gasteiger partial charge is 0.293 e. The van der Waals surface area contributed by atoms with Crippen LogP contribution in [0.2, 0.25) is 0 Å². The van der Waals surface area contributed by atoms with Crippen molar-refractivity contribution in [1.29, 1.82) is 0 Å². The van der Waals surface area contributed by atoms with Gasteiger partial charge in [-0.15, -0.1) is 0 Å². The van der Waals surface area contributed by atoms with E-state index in [0.29, 0.717) is 19.0 Å². The van der Waals surface area contributed by atoms with Gasteiger partial charge in [0.25, 0.3) is 6.47 Å². The Kier molecular flexibility index (Phi) is 4.16. The third-order valence-corrected chi connectivity index (χ3v) is 1.98. The summed E-state index contributed by atoms with van der Waals surface area (Å²) < 4.78 is 9.94. The van der Waals surface area contributed by atoms with E-state index < -0.39 is 0 Å². The number of aromatic nitrogens is 1. The lowest BCUT2D eigenvalue weighted by molar-refractivity contribution is -0.129. The van der Waals surface area contributed by atoms with Crippen LogP contribution in [-0.4, -0.2) is 18.1 Å². The second-order valence-corrected chi connectivity index (χ2v) is 3.66. The maximum absolute atomic E-state index is 10.1. The third kappa shape index (κ3) is 3.20. The first-order valence-corrected chi connectivity index (χ1v) is 4.67. The molecule has 0 saturated carbocycles. The topological polar surface area (TPSA) is 52.3 Å². The van der Waals surface area contributed by atoms with E-state index in [1.165, 1.54) is 6.39 Å². The van der Waals surface area contributed by atoms with E-state index >= 15 is 0 Å². The Labute approximate surface area is 83.3 Å². The molecule has 1 unspecified atom stereocenters. The highest BCUT2D eigenvalue weighted by Gasteiger charge is 2.17. The Hall–Kier alpha value is -1.32. The third-order valence-electron chi connectivity index (χ3n) is 1.98. The molecule has 0 bridgehead atoms. The van der Waals surface area contributed by atoms with E-state index in [2.05, 4.69) is 18.8 Å². The molecule has 4 heteroatoms. The van der Waals surface area contributed by atoms with Gasteiger partial charge in [0.2, 0.25) is 0 Å². The van der Waals surface area contributed by atoms with Crippen LogP contribution in [0.4, 0.5) is 0 Å². The van der Waals surface area contributed by atoms with Crippen LogP contribution in [0.1, 0.15) is 31.9 Å². The second kappa shape index (κ2) is 5.42. The molecular weight excluding hydrogens is 182 g/mol. The van der Waals surface area contributed by atoms with Gasteiger partial charge in [-0.3, -0.25) is 4.79 Å². The molecule has 0 saturated heterocycles. The van der Waals surface area contributed by atoms with Gasteiger partial charge in [0.1, 0.15) is 12.4 Å². The average molecular weight is 197 g/mol. The molecule has 0 aliphatic rings. The molecule has 0 aliphatic heterocycles. The lowest BCUT2D eigenvalue weighted by atomic mass is 9.96. The average Bonchev–Trinajstić information content (AvgIpc) is 2.64. The summed E-state index contributed by atoms with van der Waals surface area (Å²) in [4.78, 5) is 13.9. The SMILES string of the molecule is CC(C)CC(COC=O)c1cnco1. The number of carbonyl (C=O) groups is 1. The van der Waals surface area contributed by atoms with Crippen molar-refractivity contribution in [3.8, 4) is 0 Å². The zero-order valence-electron chi connectivity index (χ0n) is 8.47. The number of carbonyl (C=O) groups excluding carboxylic acids is 1. The Morgan fingerprint density at radius 3 is 2.93 bits per heavy atom. The molecule has 1 rings (SSSR count). The summed E-state index contributed by atoms with van der Waals surface area (Å²) in [7, 11) is 0. The van der Waals surface area contributed by atoms with Crippen molar-refractivity contribution >= 4 is 6.47 Å². The first-order chi connectivity index (χ1) is 6.74. The van der Waals surface area contributed by atoms with Crippen molar-refractivity contribution in [2.24, 2.45) is 5.92 Å². The van der Waals surface area contributed by atoms with Crippen molar-refractivity contribution < 1.29 is 13.9 Å². The maximum Gasteiger partial charge on any atom is 0.293 e. The van der Waals surface area contributed by atoms with E-state index in [0.717, 1.165) is 12.2 Å². The molecule has 1 aromatic rings. The van der Waals surface area contributed by atoms with E-state index in [4.69, 9.17) is 9.15 Å². The summed E-state index contributed by atoms with van der Waals surface area (Å²) in [5.74, 6) is 1.42. The largest absolute Gasteiger partial charge is 0.467 e. The number of hydrogen-bond acceptors (Lipinski definition) is 4. The number of rotatable bonds is 6. The molecule has 4 nitrogen and oxygen atoms in total. The molecule has 0 N–H and O–H groups in total. The standard InChI is InChI=1S/C10H15NO3/c1-8(2)3-9(5-13-7-12)10-4-11-6-14-10/h4,6-9H,3,5H2,1-2H3. The molecule has 0 amide bonds. The summed E-state index contributed by atoms with van der Waals surface area (Å²) in [5, 5.41) is 0. The van der Waals surface area contributed by atoms with Crippen LogP contribution in [0.3, 0.4) is 0 Å². The normalized spacial score (nSPS) is 12.8. The molecule has 1 atom stereocenters. The molecule has 0 aliphatic carbocycles. The van der Waals surface area contributed by atoms with Crippen molar-refractivity contribution in [3.05, 3.63) is 18.4 Å². The first kappa shape index (κ1) is 10.8. The molecular formula is C10H15NO3. The summed E-state index contributed by atoms with van der Waals surface area (Å²) >= 11 is 0. The Bertz CT molecular complexity index is 256. The van der Waals surface area contributed by atoms with Crippen molar-refractivity contribution in [2.75, 3.05) is 6.61 Å². The fourth-order valence-corrected chi connectivity index (χ4v) is 1.42. The van der Waals surface area contributed by atoms with E-state index in [-0.39, 0.29) is 5.92 Å². The van der Waals surface area contributed by atoms with Gasteiger partial charge < -0.3 is 9.15 Å². The van der Waals surface area contributed by atoms with Gasteiger partial charge in [0.15, 0.2) is 6.39 Å². The molecule has 14 heavy (non-hydrogen) atoms. The van der Waals surface area contributed by atoms with E-state index in [1.807, 2.05) is 0 Å². The monoisotopic (exact) mass is 197 g/mol. The van der Waals surface area contributed by atoms with Gasteiger partial charge in [-0.05, 0) is 12.3 Å². The molecule has 0 fully saturated rings. The Morgan fingerprint density at radius 2 is 2.43 bits per heavy atom. The molecule has 0 aromatic carbocycles. The highest BCUT2D eigenvalue weighted by molar-refractivity contribution is 5.37. The Balaban J connectivity index is 2.57. The zero-order valence-corrected chi connectivity index (χ0v) is 8.47. The van der Waals surface area contributed by atoms with Gasteiger partial charge in [-0.2, -0.15) is 0 Å². The lowest BCUT2D eigenvalue weighted by Crippen LogP contribution is -2.09. The zero-order chi connectivity index (χ0) is 10.4. The number of ether oxygens (including phenoxy) is 1. The van der Waals surface area contributed by atoms with Crippen LogP contribution in [0.5, 0.6) is 0 Å². The fraction of sp³-hybridized carbons (Fsp3) is 0.600. The van der Waals surface area contributed by atoms with Crippen molar-refractivity contribution in [1.82, 2.24) is 4.98 Å². The van der Waals surface area contributed by atoms with Gasteiger partial charge in [0, 0.05) is 0 Å². The summed E-state index contributed by atoms with van der Waals surface area (Å²) in [5.41, 5.74) is 0. The molecule has 0 spiro atoms. The highest BCUT2D eigenvalue weighted by atomic mass is 16.5. The quantitative estimate of drug-likeness (QED) is 0.654. The summed E-state index contributed by atoms with van der Waals surface area (Å²) in [6.45, 7) is 5.05. The molecule has 1 aromatic heterocycles.